The van der Waals surface area contributed by atoms with Crippen molar-refractivity contribution in [1.82, 2.24) is 4.90 Å². The second-order valence-corrected chi connectivity index (χ2v) is 5.41. The van der Waals surface area contributed by atoms with Crippen LogP contribution >= 0.6 is 12.2 Å². The van der Waals surface area contributed by atoms with Crippen LogP contribution in [0.3, 0.4) is 0 Å². The van der Waals surface area contributed by atoms with Gasteiger partial charge in [0, 0.05) is 18.7 Å². The standard InChI is InChI=1S/C14H17F2N3OS/c15-10-6-9(14(17)21)7-11(16)13(10)18-8-12(20)19-4-2-1-3-5-19/h6-7,18H,1-5,8H2,(H2,17,21). The number of anilines is 1. The molecule has 0 aromatic heterocycles. The number of carbonyl (C=O) groups is 1. The van der Waals surface area contributed by atoms with Gasteiger partial charge in [-0.15, -0.1) is 0 Å². The number of hydrogen-bond acceptors (Lipinski definition) is 3. The third kappa shape index (κ3) is 3.87. The molecule has 4 nitrogen and oxygen atoms in total. The number of halogens is 2. The van der Waals surface area contributed by atoms with Crippen LogP contribution < -0.4 is 11.1 Å². The summed E-state index contributed by atoms with van der Waals surface area (Å²) in [5, 5.41) is 2.52. The van der Waals surface area contributed by atoms with Gasteiger partial charge in [0.2, 0.25) is 5.91 Å². The first-order chi connectivity index (χ1) is 9.99. The summed E-state index contributed by atoms with van der Waals surface area (Å²) in [5.74, 6) is -1.79. The zero-order chi connectivity index (χ0) is 15.4. The van der Waals surface area contributed by atoms with Crippen molar-refractivity contribution in [2.75, 3.05) is 25.0 Å². The molecule has 1 aromatic rings. The highest BCUT2D eigenvalue weighted by atomic mass is 32.1. The lowest BCUT2D eigenvalue weighted by molar-refractivity contribution is -0.130. The van der Waals surface area contributed by atoms with Crippen molar-refractivity contribution in [1.29, 1.82) is 0 Å². The molecule has 1 aromatic carbocycles. The largest absolute Gasteiger partial charge is 0.389 e. The lowest BCUT2D eigenvalue weighted by atomic mass is 10.1. The minimum absolute atomic E-state index is 0.0799. The number of nitrogens with one attached hydrogen (secondary N) is 1. The zero-order valence-electron chi connectivity index (χ0n) is 11.5. The van der Waals surface area contributed by atoms with E-state index in [9.17, 15) is 13.6 Å². The number of benzene rings is 1. The predicted octanol–water partition coefficient (Wildman–Crippen LogP) is 2.02. The fourth-order valence-corrected chi connectivity index (χ4v) is 2.42. The van der Waals surface area contributed by atoms with E-state index in [1.807, 2.05) is 0 Å². The van der Waals surface area contributed by atoms with Crippen LogP contribution in [0.25, 0.3) is 0 Å². The molecular weight excluding hydrogens is 296 g/mol. The summed E-state index contributed by atoms with van der Waals surface area (Å²) in [6.45, 7) is 1.26. The Kier molecular flexibility index (Phi) is 5.06. The molecule has 1 aliphatic rings. The Labute approximate surface area is 127 Å². The van der Waals surface area contributed by atoms with E-state index in [2.05, 4.69) is 17.5 Å². The van der Waals surface area contributed by atoms with Crippen molar-refractivity contribution >= 4 is 28.8 Å². The average Bonchev–Trinajstić information content (AvgIpc) is 2.46. The molecule has 0 radical (unpaired) electrons. The van der Waals surface area contributed by atoms with Gasteiger partial charge in [-0.3, -0.25) is 4.79 Å². The number of thiocarbonyl (C=S) groups is 1. The third-order valence-corrected chi connectivity index (χ3v) is 3.69. The Morgan fingerprint density at radius 2 is 1.81 bits per heavy atom. The van der Waals surface area contributed by atoms with E-state index in [4.69, 9.17) is 5.73 Å². The Balaban J connectivity index is 2.02. The van der Waals surface area contributed by atoms with E-state index in [1.54, 1.807) is 4.90 Å². The maximum Gasteiger partial charge on any atom is 0.241 e. The van der Waals surface area contributed by atoms with Crippen LogP contribution in [0.4, 0.5) is 14.5 Å². The number of likely N-dealkylation sites (tertiary alicyclic amines) is 1. The number of hydrogen-bond donors (Lipinski definition) is 2. The summed E-state index contributed by atoms with van der Waals surface area (Å²) >= 11 is 4.68. The van der Waals surface area contributed by atoms with E-state index >= 15 is 0 Å². The van der Waals surface area contributed by atoms with E-state index in [0.717, 1.165) is 31.4 Å². The molecule has 0 aliphatic carbocycles. The summed E-state index contributed by atoms with van der Waals surface area (Å²) in [7, 11) is 0. The Morgan fingerprint density at radius 1 is 1.24 bits per heavy atom. The van der Waals surface area contributed by atoms with Crippen molar-refractivity contribution in [2.45, 2.75) is 19.3 Å². The lowest BCUT2D eigenvalue weighted by Gasteiger charge is -2.27. The van der Waals surface area contributed by atoms with Crippen LogP contribution in [0.5, 0.6) is 0 Å². The molecule has 0 unspecified atom stereocenters. The van der Waals surface area contributed by atoms with E-state index in [1.165, 1.54) is 0 Å². The SMILES string of the molecule is NC(=S)c1cc(F)c(NCC(=O)N2CCCCC2)c(F)c1. The molecule has 1 amide bonds. The molecule has 1 fully saturated rings. The van der Waals surface area contributed by atoms with Crippen molar-refractivity contribution in [3.63, 3.8) is 0 Å². The normalized spacial score (nSPS) is 14.9. The highest BCUT2D eigenvalue weighted by Gasteiger charge is 2.18. The summed E-state index contributed by atoms with van der Waals surface area (Å²) in [6.07, 6.45) is 3.05. The van der Waals surface area contributed by atoms with E-state index in [-0.39, 0.29) is 28.7 Å². The van der Waals surface area contributed by atoms with Gasteiger partial charge in [0.15, 0.2) is 0 Å². The van der Waals surface area contributed by atoms with E-state index in [0.29, 0.717) is 13.1 Å². The van der Waals surface area contributed by atoms with Crippen molar-refractivity contribution in [3.8, 4) is 0 Å². The maximum atomic E-state index is 13.8. The van der Waals surface area contributed by atoms with Crippen molar-refractivity contribution in [3.05, 3.63) is 29.3 Å². The lowest BCUT2D eigenvalue weighted by Crippen LogP contribution is -2.39. The topological polar surface area (TPSA) is 58.4 Å². The van der Waals surface area contributed by atoms with Crippen LogP contribution in [0, 0.1) is 11.6 Å². The minimum atomic E-state index is -0.816. The first-order valence-corrected chi connectivity index (χ1v) is 7.20. The minimum Gasteiger partial charge on any atom is -0.389 e. The van der Waals surface area contributed by atoms with Crippen molar-refractivity contribution in [2.24, 2.45) is 5.73 Å². The van der Waals surface area contributed by atoms with Gasteiger partial charge in [-0.25, -0.2) is 8.78 Å². The van der Waals surface area contributed by atoms with Crippen LogP contribution in [0.15, 0.2) is 12.1 Å². The van der Waals surface area contributed by atoms with Gasteiger partial charge in [-0.05, 0) is 31.4 Å². The molecule has 2 rings (SSSR count). The fourth-order valence-electron chi connectivity index (χ4n) is 2.30. The summed E-state index contributed by atoms with van der Waals surface area (Å²) in [5.41, 5.74) is 5.12. The molecule has 1 aliphatic heterocycles. The number of nitrogens with two attached hydrogens (primary N) is 1. The second-order valence-electron chi connectivity index (χ2n) is 4.97. The average molecular weight is 313 g/mol. The molecule has 21 heavy (non-hydrogen) atoms. The predicted molar refractivity (Wildman–Crippen MR) is 81.2 cm³/mol. The second kappa shape index (κ2) is 6.80. The molecule has 0 atom stereocenters. The molecule has 3 N–H and O–H groups in total. The summed E-state index contributed by atoms with van der Waals surface area (Å²) in [4.78, 5) is 13.6. The van der Waals surface area contributed by atoms with Gasteiger partial charge in [-0.2, -0.15) is 0 Å². The number of carbonyl (C=O) groups excluding carboxylic acids is 1. The Morgan fingerprint density at radius 3 is 2.33 bits per heavy atom. The molecular formula is C14H17F2N3OS. The molecule has 1 heterocycles. The van der Waals surface area contributed by atoms with Gasteiger partial charge in [-0.1, -0.05) is 12.2 Å². The summed E-state index contributed by atoms with van der Waals surface area (Å²) < 4.78 is 27.6. The zero-order valence-corrected chi connectivity index (χ0v) is 12.3. The first kappa shape index (κ1) is 15.6. The van der Waals surface area contributed by atoms with Gasteiger partial charge < -0.3 is 16.0 Å². The maximum absolute atomic E-state index is 13.8. The molecule has 114 valence electrons. The molecule has 7 heteroatoms. The summed E-state index contributed by atoms with van der Waals surface area (Å²) in [6, 6.07) is 2.11. The van der Waals surface area contributed by atoms with Crippen LogP contribution in [-0.2, 0) is 4.79 Å². The number of amides is 1. The Hall–Kier alpha value is -1.76. The van der Waals surface area contributed by atoms with E-state index < -0.39 is 11.6 Å². The van der Waals surface area contributed by atoms with Gasteiger partial charge in [0.1, 0.15) is 22.3 Å². The highest BCUT2D eigenvalue weighted by Crippen LogP contribution is 2.21. The van der Waals surface area contributed by atoms with Gasteiger partial charge in [0.05, 0.1) is 6.54 Å². The quantitative estimate of drug-likeness (QED) is 0.835. The number of nitrogens with zero attached hydrogens (tertiary/aromatic N) is 1. The smallest absolute Gasteiger partial charge is 0.241 e. The molecule has 0 spiro atoms. The third-order valence-electron chi connectivity index (χ3n) is 3.45. The van der Waals surface area contributed by atoms with Crippen LogP contribution in [0.1, 0.15) is 24.8 Å². The fraction of sp³-hybridized carbons (Fsp3) is 0.429. The monoisotopic (exact) mass is 313 g/mol. The first-order valence-electron chi connectivity index (χ1n) is 6.79. The molecule has 1 saturated heterocycles. The number of rotatable bonds is 4. The van der Waals surface area contributed by atoms with Crippen molar-refractivity contribution < 1.29 is 13.6 Å². The van der Waals surface area contributed by atoms with Gasteiger partial charge >= 0.3 is 0 Å². The Bertz CT molecular complexity index is 536. The highest BCUT2D eigenvalue weighted by molar-refractivity contribution is 7.80. The van der Waals surface area contributed by atoms with Crippen LogP contribution in [0.2, 0.25) is 0 Å². The van der Waals surface area contributed by atoms with Crippen LogP contribution in [-0.4, -0.2) is 35.4 Å². The molecule has 0 bridgehead atoms. The van der Waals surface area contributed by atoms with Gasteiger partial charge in [0.25, 0.3) is 0 Å². The molecule has 0 saturated carbocycles. The number of piperidine rings is 1.